The van der Waals surface area contributed by atoms with Crippen LogP contribution in [0.15, 0.2) is 0 Å². The van der Waals surface area contributed by atoms with Crippen LogP contribution >= 0.6 is 11.3 Å². The molecule has 2 atom stereocenters. The van der Waals surface area contributed by atoms with Gasteiger partial charge in [-0.1, -0.05) is 0 Å². The molecule has 0 spiro atoms. The summed E-state index contributed by atoms with van der Waals surface area (Å²) in [5, 5.41) is 13.3. The van der Waals surface area contributed by atoms with Crippen LogP contribution in [-0.4, -0.2) is 35.3 Å². The van der Waals surface area contributed by atoms with E-state index in [0.717, 1.165) is 48.1 Å². The van der Waals surface area contributed by atoms with Crippen LogP contribution in [0.25, 0.3) is 0 Å². The molecule has 0 bridgehead atoms. The third-order valence-corrected chi connectivity index (χ3v) is 4.86. The van der Waals surface area contributed by atoms with Crippen LogP contribution < -0.4 is 5.32 Å². The molecular weight excluding hydrogens is 264 g/mol. The molecule has 19 heavy (non-hydrogen) atoms. The summed E-state index contributed by atoms with van der Waals surface area (Å²) in [5.74, 6) is -1.17. The Bertz CT molecular complexity index is 468. The molecule has 1 aromatic rings. The first-order chi connectivity index (χ1) is 9.24. The van der Waals surface area contributed by atoms with Crippen molar-refractivity contribution >= 4 is 22.4 Å². The summed E-state index contributed by atoms with van der Waals surface area (Å²) in [6, 6.07) is 0. The Morgan fingerprint density at radius 3 is 3.11 bits per heavy atom. The lowest BCUT2D eigenvalue weighted by atomic mass is 10.1. The first-order valence-corrected chi connectivity index (χ1v) is 7.63. The van der Waals surface area contributed by atoms with Crippen molar-refractivity contribution < 1.29 is 14.6 Å². The van der Waals surface area contributed by atoms with E-state index in [1.54, 1.807) is 11.3 Å². The third-order valence-electron chi connectivity index (χ3n) is 3.77. The van der Waals surface area contributed by atoms with Gasteiger partial charge in [0.15, 0.2) is 5.13 Å². The Balaban J connectivity index is 1.60. The van der Waals surface area contributed by atoms with E-state index in [4.69, 9.17) is 9.84 Å². The van der Waals surface area contributed by atoms with Gasteiger partial charge in [0.05, 0.1) is 11.8 Å². The van der Waals surface area contributed by atoms with Gasteiger partial charge in [0.2, 0.25) is 0 Å². The number of rotatable bonds is 4. The second kappa shape index (κ2) is 5.46. The Hall–Kier alpha value is -1.14. The number of thiazole rings is 1. The number of aromatic nitrogens is 1. The Labute approximate surface area is 116 Å². The van der Waals surface area contributed by atoms with Crippen LogP contribution in [-0.2, 0) is 16.0 Å². The van der Waals surface area contributed by atoms with Gasteiger partial charge in [-0.25, -0.2) is 4.98 Å². The highest BCUT2D eigenvalue weighted by molar-refractivity contribution is 7.15. The van der Waals surface area contributed by atoms with E-state index in [2.05, 4.69) is 10.3 Å². The van der Waals surface area contributed by atoms with Crippen molar-refractivity contribution in [2.45, 2.75) is 44.1 Å². The van der Waals surface area contributed by atoms with Gasteiger partial charge in [-0.3, -0.25) is 4.79 Å². The van der Waals surface area contributed by atoms with Crippen LogP contribution in [0.3, 0.4) is 0 Å². The van der Waals surface area contributed by atoms with E-state index >= 15 is 0 Å². The number of aryl methyl sites for hydroxylation is 1. The number of carboxylic acids is 1. The van der Waals surface area contributed by atoms with E-state index < -0.39 is 11.9 Å². The number of hydrogen-bond donors (Lipinski definition) is 2. The summed E-state index contributed by atoms with van der Waals surface area (Å²) in [4.78, 5) is 16.7. The van der Waals surface area contributed by atoms with Crippen molar-refractivity contribution in [3.8, 4) is 0 Å². The predicted octanol–water partition coefficient (Wildman–Crippen LogP) is 2.24. The number of hydrogen-bond acceptors (Lipinski definition) is 5. The number of ether oxygens (including phenoxy) is 1. The highest BCUT2D eigenvalue weighted by Gasteiger charge is 2.32. The fraction of sp³-hybridized carbons (Fsp3) is 0.692. The maximum atomic E-state index is 11.1. The number of carboxylic acid groups (broad SMARTS) is 1. The monoisotopic (exact) mass is 282 g/mol. The fourth-order valence-electron chi connectivity index (χ4n) is 2.71. The average Bonchev–Trinajstić information content (AvgIpc) is 2.96. The fourth-order valence-corrected chi connectivity index (χ4v) is 3.76. The summed E-state index contributed by atoms with van der Waals surface area (Å²) in [7, 11) is 0. The normalized spacial score (nSPS) is 26.1. The van der Waals surface area contributed by atoms with Crippen LogP contribution in [0.4, 0.5) is 5.13 Å². The predicted molar refractivity (Wildman–Crippen MR) is 72.9 cm³/mol. The molecular formula is C13H18N2O3S. The van der Waals surface area contributed by atoms with Crippen LogP contribution in [0.5, 0.6) is 0 Å². The maximum Gasteiger partial charge on any atom is 0.312 e. The largest absolute Gasteiger partial charge is 0.481 e. The van der Waals surface area contributed by atoms with Crippen molar-refractivity contribution in [2.24, 2.45) is 0 Å². The average molecular weight is 282 g/mol. The molecule has 1 aliphatic heterocycles. The molecule has 5 nitrogen and oxygen atoms in total. The van der Waals surface area contributed by atoms with Gasteiger partial charge in [0, 0.05) is 18.0 Å². The number of nitrogens with zero attached hydrogens (tertiary/aromatic N) is 1. The Kier molecular flexibility index (Phi) is 3.70. The number of nitrogens with one attached hydrogen (secondary N) is 1. The molecule has 1 aliphatic carbocycles. The van der Waals surface area contributed by atoms with Gasteiger partial charge in [-0.15, -0.1) is 11.3 Å². The summed E-state index contributed by atoms with van der Waals surface area (Å²) in [6.45, 7) is 1.62. The van der Waals surface area contributed by atoms with Crippen LogP contribution in [0.2, 0.25) is 0 Å². The van der Waals surface area contributed by atoms with E-state index in [1.807, 2.05) is 0 Å². The highest BCUT2D eigenvalue weighted by atomic mass is 32.1. The smallest absolute Gasteiger partial charge is 0.312 e. The van der Waals surface area contributed by atoms with Crippen molar-refractivity contribution in [1.82, 2.24) is 4.98 Å². The van der Waals surface area contributed by atoms with Crippen molar-refractivity contribution in [2.75, 3.05) is 18.5 Å². The van der Waals surface area contributed by atoms with E-state index in [0.29, 0.717) is 6.42 Å². The molecule has 1 fully saturated rings. The summed E-state index contributed by atoms with van der Waals surface area (Å²) in [6.07, 6.45) is 5.27. The molecule has 3 rings (SSSR count). The summed E-state index contributed by atoms with van der Waals surface area (Å²) >= 11 is 1.59. The topological polar surface area (TPSA) is 71.5 Å². The Morgan fingerprint density at radius 1 is 1.47 bits per heavy atom. The van der Waals surface area contributed by atoms with Gasteiger partial charge in [0.25, 0.3) is 0 Å². The zero-order valence-corrected chi connectivity index (χ0v) is 11.5. The van der Waals surface area contributed by atoms with Gasteiger partial charge in [0.1, 0.15) is 5.92 Å². The number of aliphatic carboxylic acids is 1. The molecule has 6 heteroatoms. The van der Waals surface area contributed by atoms with Gasteiger partial charge in [-0.2, -0.15) is 0 Å². The van der Waals surface area contributed by atoms with E-state index in [9.17, 15) is 4.79 Å². The van der Waals surface area contributed by atoms with Crippen molar-refractivity contribution in [1.29, 1.82) is 0 Å². The summed E-state index contributed by atoms with van der Waals surface area (Å²) < 4.78 is 5.66. The standard InChI is InChI=1S/C13H18N2O3S/c16-12(17)9-4-5-10-11(9)15-13(19-10)14-7-8-3-1-2-6-18-8/h8-9H,1-7H2,(H,14,15)(H,16,17). The molecule has 2 aliphatic rings. The van der Waals surface area contributed by atoms with Gasteiger partial charge >= 0.3 is 5.97 Å². The molecule has 2 unspecified atom stereocenters. The van der Waals surface area contributed by atoms with Gasteiger partial charge < -0.3 is 15.2 Å². The lowest BCUT2D eigenvalue weighted by molar-refractivity contribution is -0.138. The summed E-state index contributed by atoms with van der Waals surface area (Å²) in [5.41, 5.74) is 0.768. The minimum atomic E-state index is -0.758. The number of fused-ring (bicyclic) bond motifs is 1. The van der Waals surface area contributed by atoms with Gasteiger partial charge in [-0.05, 0) is 32.1 Å². The third kappa shape index (κ3) is 2.74. The zero-order valence-electron chi connectivity index (χ0n) is 10.7. The molecule has 1 saturated heterocycles. The molecule has 0 aromatic carbocycles. The minimum Gasteiger partial charge on any atom is -0.481 e. The molecule has 2 heterocycles. The SMILES string of the molecule is O=C(O)C1CCc2sc(NCC3CCCCO3)nc21. The van der Waals surface area contributed by atoms with E-state index in [1.165, 1.54) is 6.42 Å². The number of anilines is 1. The first-order valence-electron chi connectivity index (χ1n) is 6.82. The highest BCUT2D eigenvalue weighted by Crippen LogP contribution is 2.38. The molecule has 0 radical (unpaired) electrons. The first kappa shape index (κ1) is 12.9. The van der Waals surface area contributed by atoms with Crippen molar-refractivity contribution in [3.05, 3.63) is 10.6 Å². The second-order valence-electron chi connectivity index (χ2n) is 5.13. The maximum absolute atomic E-state index is 11.1. The second-order valence-corrected chi connectivity index (χ2v) is 6.21. The minimum absolute atomic E-state index is 0.266. The van der Waals surface area contributed by atoms with Crippen LogP contribution in [0, 0.1) is 0 Å². The number of carbonyl (C=O) groups is 1. The lowest BCUT2D eigenvalue weighted by Gasteiger charge is -2.22. The Morgan fingerprint density at radius 2 is 2.37 bits per heavy atom. The van der Waals surface area contributed by atoms with Crippen LogP contribution in [0.1, 0.15) is 42.2 Å². The molecule has 104 valence electrons. The molecule has 2 N–H and O–H groups in total. The van der Waals surface area contributed by atoms with E-state index in [-0.39, 0.29) is 6.10 Å². The molecule has 1 aromatic heterocycles. The quantitative estimate of drug-likeness (QED) is 0.886. The van der Waals surface area contributed by atoms with Crippen molar-refractivity contribution in [3.63, 3.8) is 0 Å². The molecule has 0 amide bonds. The lowest BCUT2D eigenvalue weighted by Crippen LogP contribution is -2.26. The zero-order chi connectivity index (χ0) is 13.2. The molecule has 0 saturated carbocycles.